The molecule has 9 heteroatoms. The first kappa shape index (κ1) is 24.5. The van der Waals surface area contributed by atoms with Gasteiger partial charge in [-0.15, -0.1) is 11.8 Å². The summed E-state index contributed by atoms with van der Waals surface area (Å²) in [5, 5.41) is 21.7. The van der Waals surface area contributed by atoms with Crippen molar-refractivity contribution in [2.75, 3.05) is 12.4 Å². The van der Waals surface area contributed by atoms with Crippen LogP contribution in [0.4, 0.5) is 10.1 Å². The molecule has 32 heavy (non-hydrogen) atoms. The molecule has 0 saturated heterocycles. The van der Waals surface area contributed by atoms with E-state index < -0.39 is 22.3 Å². The molecule has 6 nitrogen and oxygen atoms in total. The lowest BCUT2D eigenvalue weighted by Crippen LogP contribution is -2.26. The van der Waals surface area contributed by atoms with Crippen LogP contribution in [0.5, 0.6) is 0 Å². The third kappa shape index (κ3) is 5.42. The molecular formula is C23H25ClFNO5S. The highest BCUT2D eigenvalue weighted by Gasteiger charge is 2.32. The molecule has 1 N–H and O–H groups in total. The first-order chi connectivity index (χ1) is 15.0. The summed E-state index contributed by atoms with van der Waals surface area (Å²) in [6.07, 6.45) is 1.12. The average Bonchev–Trinajstić information content (AvgIpc) is 2.72. The molecule has 2 aromatic carbocycles. The summed E-state index contributed by atoms with van der Waals surface area (Å²) < 4.78 is 19.7. The number of nitro groups is 1. The van der Waals surface area contributed by atoms with Crippen molar-refractivity contribution in [3.8, 4) is 0 Å². The second-order valence-electron chi connectivity index (χ2n) is 8.77. The fourth-order valence-corrected chi connectivity index (χ4v) is 5.30. The molecule has 2 atom stereocenters. The Morgan fingerprint density at radius 1 is 1.34 bits per heavy atom. The topological polar surface area (TPSA) is 89.7 Å². The molecule has 0 amide bonds. The van der Waals surface area contributed by atoms with E-state index in [0.717, 1.165) is 5.56 Å². The Kier molecular flexibility index (Phi) is 7.47. The third-order valence-electron chi connectivity index (χ3n) is 5.41. The molecular weight excluding hydrogens is 457 g/mol. The van der Waals surface area contributed by atoms with Crippen LogP contribution in [0.3, 0.4) is 0 Å². The summed E-state index contributed by atoms with van der Waals surface area (Å²) in [5.74, 6) is -0.841. The van der Waals surface area contributed by atoms with Gasteiger partial charge < -0.3 is 9.84 Å². The smallest absolute Gasteiger partial charge is 0.338 e. The van der Waals surface area contributed by atoms with Gasteiger partial charge in [0, 0.05) is 17.7 Å². The van der Waals surface area contributed by atoms with Crippen molar-refractivity contribution in [3.05, 3.63) is 68.0 Å². The largest absolute Gasteiger partial charge is 0.456 e. The third-order valence-corrected chi connectivity index (χ3v) is 6.95. The number of rotatable bonds is 6. The number of esters is 1. The lowest BCUT2D eigenvalue weighted by Gasteiger charge is -2.32. The second kappa shape index (κ2) is 9.77. The first-order valence-electron chi connectivity index (χ1n) is 10.2. The number of nitro benzene ring substituents is 1. The van der Waals surface area contributed by atoms with Crippen LogP contribution in [0.25, 0.3) is 0 Å². The van der Waals surface area contributed by atoms with Crippen LogP contribution < -0.4 is 0 Å². The van der Waals surface area contributed by atoms with Crippen molar-refractivity contribution in [1.82, 2.24) is 0 Å². The number of fused-ring (bicyclic) bond motifs is 1. The van der Waals surface area contributed by atoms with Gasteiger partial charge in [0.05, 0.1) is 27.0 Å². The van der Waals surface area contributed by atoms with Crippen LogP contribution in [0, 0.1) is 21.8 Å². The normalized spacial score (nSPS) is 18.2. The van der Waals surface area contributed by atoms with E-state index >= 15 is 0 Å². The minimum absolute atomic E-state index is 0.00297. The number of thioether (sulfide) groups is 1. The molecule has 0 spiro atoms. The van der Waals surface area contributed by atoms with E-state index in [4.69, 9.17) is 16.3 Å². The number of benzene rings is 2. The lowest BCUT2D eigenvalue weighted by atomic mass is 9.76. The van der Waals surface area contributed by atoms with E-state index in [0.29, 0.717) is 29.1 Å². The van der Waals surface area contributed by atoms with Crippen LogP contribution in [0.15, 0.2) is 35.2 Å². The number of aliphatic hydroxyl groups is 1. The number of nitrogens with zero attached hydrogens (tertiary/aromatic N) is 1. The summed E-state index contributed by atoms with van der Waals surface area (Å²) in [7, 11) is 0. The zero-order chi connectivity index (χ0) is 23.6. The van der Waals surface area contributed by atoms with Gasteiger partial charge in [-0.1, -0.05) is 17.7 Å². The Labute approximate surface area is 195 Å². The molecule has 1 aliphatic rings. The van der Waals surface area contributed by atoms with Gasteiger partial charge in [0.2, 0.25) is 0 Å². The minimum atomic E-state index is -0.709. The van der Waals surface area contributed by atoms with Gasteiger partial charge in [0.15, 0.2) is 0 Å². The molecule has 1 aliphatic carbocycles. The van der Waals surface area contributed by atoms with Crippen molar-refractivity contribution in [2.45, 2.75) is 50.0 Å². The number of carbonyl (C=O) groups is 1. The first-order valence-corrected chi connectivity index (χ1v) is 11.6. The van der Waals surface area contributed by atoms with Crippen LogP contribution in [0.2, 0.25) is 5.02 Å². The molecule has 3 rings (SSSR count). The van der Waals surface area contributed by atoms with Crippen molar-refractivity contribution in [2.24, 2.45) is 5.92 Å². The fourth-order valence-electron chi connectivity index (χ4n) is 3.88. The number of aliphatic hydroxyl groups excluding tert-OH is 1. The highest BCUT2D eigenvalue weighted by atomic mass is 35.5. The Balaban J connectivity index is 1.79. The van der Waals surface area contributed by atoms with Crippen LogP contribution in [0.1, 0.15) is 54.6 Å². The second-order valence-corrected chi connectivity index (χ2v) is 10.2. The predicted octanol–water partition coefficient (Wildman–Crippen LogP) is 5.77. The Morgan fingerprint density at radius 2 is 2.06 bits per heavy atom. The molecule has 2 unspecified atom stereocenters. The van der Waals surface area contributed by atoms with Crippen LogP contribution in [-0.4, -0.2) is 34.0 Å². The molecule has 0 fully saturated rings. The Morgan fingerprint density at radius 3 is 2.69 bits per heavy atom. The maximum absolute atomic E-state index is 14.4. The lowest BCUT2D eigenvalue weighted by molar-refractivity contribution is -0.387. The molecule has 0 heterocycles. The molecule has 172 valence electrons. The van der Waals surface area contributed by atoms with E-state index in [9.17, 15) is 24.4 Å². The molecule has 0 saturated carbocycles. The maximum Gasteiger partial charge on any atom is 0.338 e. The van der Waals surface area contributed by atoms with E-state index in [2.05, 4.69) is 0 Å². The van der Waals surface area contributed by atoms with Gasteiger partial charge in [-0.25, -0.2) is 9.18 Å². The van der Waals surface area contributed by atoms with Gasteiger partial charge in [-0.2, -0.15) is 0 Å². The van der Waals surface area contributed by atoms with E-state index in [1.165, 1.54) is 30.0 Å². The average molecular weight is 482 g/mol. The van der Waals surface area contributed by atoms with Gasteiger partial charge in [0.1, 0.15) is 11.4 Å². The Hall–Kier alpha value is -2.16. The summed E-state index contributed by atoms with van der Waals surface area (Å²) in [6, 6.07) is 7.53. The summed E-state index contributed by atoms with van der Waals surface area (Å²) in [6.45, 7) is 5.02. The van der Waals surface area contributed by atoms with Crippen LogP contribution in [-0.2, 0) is 11.2 Å². The summed E-state index contributed by atoms with van der Waals surface area (Å²) in [5.41, 5.74) is 0.502. The molecule has 0 radical (unpaired) electrons. The number of ether oxygens (including phenoxy) is 1. The van der Waals surface area contributed by atoms with Crippen LogP contribution >= 0.6 is 23.4 Å². The van der Waals surface area contributed by atoms with Gasteiger partial charge in [-0.05, 0) is 68.9 Å². The summed E-state index contributed by atoms with van der Waals surface area (Å²) in [4.78, 5) is 23.8. The van der Waals surface area contributed by atoms with Crippen molar-refractivity contribution in [3.63, 3.8) is 0 Å². The molecule has 0 bridgehead atoms. The number of halogens is 2. The van der Waals surface area contributed by atoms with Gasteiger partial charge >= 0.3 is 5.97 Å². The van der Waals surface area contributed by atoms with Crippen molar-refractivity contribution < 1.29 is 24.0 Å². The SMILES string of the molecule is CC(C)(C)OC(=O)c1ccc(SCC2CCc3c(ccc(Cl)c3F)C2CO)c([N+](=O)[O-])c1. The molecule has 0 aliphatic heterocycles. The zero-order valence-corrected chi connectivity index (χ0v) is 19.6. The molecule has 0 aromatic heterocycles. The van der Waals surface area contributed by atoms with Gasteiger partial charge in [0.25, 0.3) is 5.69 Å². The standard InChI is InChI=1S/C23H25ClFNO5S/c1-23(2,3)31-22(28)13-5-9-20(19(10-13)26(29)30)32-12-14-4-6-16-15(17(14)11-27)7-8-18(24)21(16)25/h5,7-10,14,17,27H,4,6,11-12H2,1-3H3. The Bertz CT molecular complexity index is 1040. The van der Waals surface area contributed by atoms with Crippen molar-refractivity contribution in [1.29, 1.82) is 0 Å². The highest BCUT2D eigenvalue weighted by Crippen LogP contribution is 2.42. The minimum Gasteiger partial charge on any atom is -0.456 e. The predicted molar refractivity (Wildman–Crippen MR) is 122 cm³/mol. The van der Waals surface area contributed by atoms with E-state index in [1.54, 1.807) is 32.9 Å². The summed E-state index contributed by atoms with van der Waals surface area (Å²) >= 11 is 7.19. The monoisotopic (exact) mass is 481 g/mol. The van der Waals surface area contributed by atoms with Crippen molar-refractivity contribution >= 4 is 35.0 Å². The number of hydrogen-bond acceptors (Lipinski definition) is 6. The maximum atomic E-state index is 14.4. The van der Waals surface area contributed by atoms with E-state index in [-0.39, 0.29) is 34.7 Å². The zero-order valence-electron chi connectivity index (χ0n) is 18.1. The van der Waals surface area contributed by atoms with E-state index in [1.807, 2.05) is 0 Å². The number of carbonyl (C=O) groups excluding carboxylic acids is 1. The fraction of sp³-hybridized carbons (Fsp3) is 0.435. The van der Waals surface area contributed by atoms with Gasteiger partial charge in [-0.3, -0.25) is 10.1 Å². The number of hydrogen-bond donors (Lipinski definition) is 1. The highest BCUT2D eigenvalue weighted by molar-refractivity contribution is 7.99. The quantitative estimate of drug-likeness (QED) is 0.244. The molecule has 2 aromatic rings.